The number of nitrogens with one attached hydrogen (secondary N) is 1. The van der Waals surface area contributed by atoms with Gasteiger partial charge in [0.2, 0.25) is 5.91 Å². The van der Waals surface area contributed by atoms with Gasteiger partial charge in [0.15, 0.2) is 0 Å². The molecule has 22 heavy (non-hydrogen) atoms. The first-order chi connectivity index (χ1) is 10.8. The molecule has 0 saturated carbocycles. The van der Waals surface area contributed by atoms with Crippen molar-refractivity contribution in [2.24, 2.45) is 0 Å². The Morgan fingerprint density at radius 3 is 2.45 bits per heavy atom. The lowest BCUT2D eigenvalue weighted by Crippen LogP contribution is -2.42. The van der Waals surface area contributed by atoms with Crippen molar-refractivity contribution < 1.29 is 4.79 Å². The van der Waals surface area contributed by atoms with Gasteiger partial charge in [-0.2, -0.15) is 0 Å². The highest BCUT2D eigenvalue weighted by Crippen LogP contribution is 2.35. The number of hydrogen-bond donors (Lipinski definition) is 1. The Hall–Kier alpha value is -1.96. The van der Waals surface area contributed by atoms with Crippen LogP contribution >= 0.6 is 9.39 Å². The number of amides is 1. The third kappa shape index (κ3) is 2.58. The van der Waals surface area contributed by atoms with E-state index in [1.54, 1.807) is 0 Å². The van der Waals surface area contributed by atoms with Crippen LogP contribution in [0.1, 0.15) is 18.1 Å². The summed E-state index contributed by atoms with van der Waals surface area (Å²) in [6.45, 7) is 2.65. The Bertz CT molecular complexity index is 712. The van der Waals surface area contributed by atoms with E-state index in [0.29, 0.717) is 6.54 Å². The molecule has 1 N–H and O–H groups in total. The van der Waals surface area contributed by atoms with Crippen LogP contribution in [0.25, 0.3) is 5.57 Å². The van der Waals surface area contributed by atoms with Crippen LogP contribution in [-0.2, 0) is 4.79 Å². The van der Waals surface area contributed by atoms with Crippen molar-refractivity contribution in [3.63, 3.8) is 0 Å². The topological polar surface area (TPSA) is 32.3 Å². The molecule has 0 bridgehead atoms. The zero-order valence-electron chi connectivity index (χ0n) is 12.5. The molecule has 112 valence electrons. The molecule has 1 heterocycles. The second-order valence-electron chi connectivity index (χ2n) is 5.19. The van der Waals surface area contributed by atoms with Gasteiger partial charge in [-0.1, -0.05) is 57.9 Å². The van der Waals surface area contributed by atoms with Crippen LogP contribution in [0.5, 0.6) is 0 Å². The van der Waals surface area contributed by atoms with E-state index in [0.717, 1.165) is 22.4 Å². The van der Waals surface area contributed by atoms with Gasteiger partial charge in [0, 0.05) is 12.1 Å². The van der Waals surface area contributed by atoms with Crippen LogP contribution in [0, 0.1) is 0 Å². The summed E-state index contributed by atoms with van der Waals surface area (Å²) in [6, 6.07) is 17.9. The molecule has 2 atom stereocenters. The summed E-state index contributed by atoms with van der Waals surface area (Å²) in [4.78, 5) is 14.6. The van der Waals surface area contributed by atoms with E-state index >= 15 is 0 Å². The maximum atomic E-state index is 12.8. The Kier molecular flexibility index (Phi) is 4.37. The molecule has 3 nitrogen and oxygen atoms in total. The normalized spacial score (nSPS) is 17.7. The number of rotatable bonds is 3. The SMILES string of the molecule is CCN1C(=O)C(NP)C=C(c2ccccc2)c2ccccc21. The second-order valence-corrected chi connectivity index (χ2v) is 5.52. The van der Waals surface area contributed by atoms with Gasteiger partial charge in [0.05, 0.1) is 5.69 Å². The molecule has 1 aliphatic rings. The average molecular weight is 310 g/mol. The minimum atomic E-state index is -0.354. The van der Waals surface area contributed by atoms with Gasteiger partial charge < -0.3 is 4.90 Å². The summed E-state index contributed by atoms with van der Waals surface area (Å²) in [5.74, 6) is 0.0656. The minimum absolute atomic E-state index is 0.0656. The summed E-state index contributed by atoms with van der Waals surface area (Å²) in [7, 11) is 2.46. The molecule has 0 saturated heterocycles. The van der Waals surface area contributed by atoms with Crippen LogP contribution in [-0.4, -0.2) is 18.5 Å². The summed E-state index contributed by atoms with van der Waals surface area (Å²) in [6.07, 6.45) is 2.01. The second kappa shape index (κ2) is 6.43. The highest BCUT2D eigenvalue weighted by molar-refractivity contribution is 7.13. The van der Waals surface area contributed by atoms with Crippen molar-refractivity contribution in [1.29, 1.82) is 0 Å². The lowest BCUT2D eigenvalue weighted by atomic mass is 9.95. The fourth-order valence-electron chi connectivity index (χ4n) is 2.87. The van der Waals surface area contributed by atoms with Crippen molar-refractivity contribution in [2.75, 3.05) is 11.4 Å². The number of benzene rings is 2. The molecule has 2 aromatic carbocycles. The fraction of sp³-hybridized carbons (Fsp3) is 0.167. The highest BCUT2D eigenvalue weighted by atomic mass is 31.0. The lowest BCUT2D eigenvalue weighted by molar-refractivity contribution is -0.119. The van der Waals surface area contributed by atoms with Crippen molar-refractivity contribution in [3.05, 3.63) is 71.8 Å². The van der Waals surface area contributed by atoms with Gasteiger partial charge in [-0.3, -0.25) is 9.88 Å². The maximum Gasteiger partial charge on any atom is 0.248 e. The number of carbonyl (C=O) groups is 1. The Labute approximate surface area is 133 Å². The minimum Gasteiger partial charge on any atom is -0.310 e. The molecule has 0 radical (unpaired) electrons. The van der Waals surface area contributed by atoms with Crippen molar-refractivity contribution in [2.45, 2.75) is 13.0 Å². The van der Waals surface area contributed by atoms with Crippen molar-refractivity contribution in [1.82, 2.24) is 5.09 Å². The van der Waals surface area contributed by atoms with E-state index in [-0.39, 0.29) is 11.9 Å². The molecule has 3 rings (SSSR count). The van der Waals surface area contributed by atoms with Gasteiger partial charge >= 0.3 is 0 Å². The van der Waals surface area contributed by atoms with Crippen LogP contribution in [0.2, 0.25) is 0 Å². The van der Waals surface area contributed by atoms with Crippen molar-refractivity contribution >= 4 is 26.6 Å². The number of para-hydroxylation sites is 1. The zero-order valence-corrected chi connectivity index (χ0v) is 13.6. The van der Waals surface area contributed by atoms with Crippen LogP contribution < -0.4 is 9.99 Å². The monoisotopic (exact) mass is 310 g/mol. The summed E-state index contributed by atoms with van der Waals surface area (Å²) >= 11 is 0. The van der Waals surface area contributed by atoms with E-state index in [2.05, 4.69) is 32.7 Å². The number of carbonyl (C=O) groups excluding carboxylic acids is 1. The average Bonchev–Trinajstić information content (AvgIpc) is 2.69. The first-order valence-corrected chi connectivity index (χ1v) is 7.98. The molecule has 0 fully saturated rings. The van der Waals surface area contributed by atoms with Crippen LogP contribution in [0.3, 0.4) is 0 Å². The molecule has 2 aromatic rings. The molecule has 1 aliphatic heterocycles. The molecule has 1 amide bonds. The lowest BCUT2D eigenvalue weighted by Gasteiger charge is -2.24. The van der Waals surface area contributed by atoms with Gasteiger partial charge in [-0.05, 0) is 30.2 Å². The maximum absolute atomic E-state index is 12.8. The summed E-state index contributed by atoms with van der Waals surface area (Å²) < 4.78 is 0. The van der Waals surface area contributed by atoms with Gasteiger partial charge in [-0.25, -0.2) is 0 Å². The molecule has 0 spiro atoms. The standard InChI is InChI=1S/C18H19N2OP/c1-2-20-17-11-7-6-10-14(17)15(12-16(19-22)18(20)21)13-8-4-3-5-9-13/h3-12,16,19H,2,22H2,1H3. The number of nitrogens with zero attached hydrogens (tertiary/aromatic N) is 1. The number of anilines is 1. The number of fused-ring (bicyclic) bond motifs is 1. The summed E-state index contributed by atoms with van der Waals surface area (Å²) in [5.41, 5.74) is 4.26. The molecule has 2 unspecified atom stereocenters. The van der Waals surface area contributed by atoms with E-state index in [9.17, 15) is 4.79 Å². The van der Waals surface area contributed by atoms with Crippen LogP contribution in [0.15, 0.2) is 60.7 Å². The molecule has 0 aromatic heterocycles. The first-order valence-electron chi connectivity index (χ1n) is 7.40. The van der Waals surface area contributed by atoms with E-state index in [4.69, 9.17) is 0 Å². The van der Waals surface area contributed by atoms with Gasteiger partial charge in [0.1, 0.15) is 6.04 Å². The smallest absolute Gasteiger partial charge is 0.248 e. The first kappa shape index (κ1) is 15.0. The highest BCUT2D eigenvalue weighted by Gasteiger charge is 2.28. The van der Waals surface area contributed by atoms with Crippen molar-refractivity contribution in [3.8, 4) is 0 Å². The predicted molar refractivity (Wildman–Crippen MR) is 94.6 cm³/mol. The molecule has 4 heteroatoms. The Balaban J connectivity index is 2.24. The molecular formula is C18H19N2OP. The zero-order chi connectivity index (χ0) is 15.5. The van der Waals surface area contributed by atoms with Gasteiger partial charge in [-0.15, -0.1) is 0 Å². The largest absolute Gasteiger partial charge is 0.310 e. The quantitative estimate of drug-likeness (QED) is 0.883. The van der Waals surface area contributed by atoms with Crippen LogP contribution in [0.4, 0.5) is 5.69 Å². The number of likely N-dealkylation sites (N-methyl/N-ethyl adjacent to an activating group) is 1. The third-order valence-electron chi connectivity index (χ3n) is 3.93. The molecule has 0 aliphatic carbocycles. The van der Waals surface area contributed by atoms with Gasteiger partial charge in [0.25, 0.3) is 0 Å². The third-order valence-corrected chi connectivity index (χ3v) is 4.29. The Morgan fingerprint density at radius 1 is 1.09 bits per heavy atom. The Morgan fingerprint density at radius 2 is 1.77 bits per heavy atom. The van der Waals surface area contributed by atoms with E-state index < -0.39 is 0 Å². The predicted octanol–water partition coefficient (Wildman–Crippen LogP) is 3.23. The molecular weight excluding hydrogens is 291 g/mol. The fourth-order valence-corrected chi connectivity index (χ4v) is 3.10. The van der Waals surface area contributed by atoms with E-state index in [1.807, 2.05) is 54.3 Å². The summed E-state index contributed by atoms with van der Waals surface area (Å²) in [5, 5.41) is 3.04. The number of hydrogen-bond acceptors (Lipinski definition) is 2. The van der Waals surface area contributed by atoms with E-state index in [1.165, 1.54) is 0 Å².